The van der Waals surface area contributed by atoms with Gasteiger partial charge in [-0.05, 0) is 41.3 Å². The Labute approximate surface area is 167 Å². The monoisotopic (exact) mass is 375 g/mol. The smallest absolute Gasteiger partial charge is 0.261 e. The van der Waals surface area contributed by atoms with Gasteiger partial charge in [-0.15, -0.1) is 0 Å². The quantitative estimate of drug-likeness (QED) is 0.566. The van der Waals surface area contributed by atoms with Gasteiger partial charge in [-0.2, -0.15) is 0 Å². The van der Waals surface area contributed by atoms with Crippen molar-refractivity contribution in [2.24, 2.45) is 0 Å². The number of rotatable bonds is 8. The van der Waals surface area contributed by atoms with Gasteiger partial charge in [0.1, 0.15) is 5.75 Å². The Hall–Kier alpha value is -2.81. The molecule has 0 fully saturated rings. The summed E-state index contributed by atoms with van der Waals surface area (Å²) in [5.41, 5.74) is 2.56. The van der Waals surface area contributed by atoms with Gasteiger partial charge in [0.05, 0.1) is 0 Å². The molecule has 3 rings (SSSR count). The van der Waals surface area contributed by atoms with Crippen molar-refractivity contribution < 1.29 is 9.53 Å². The fourth-order valence-corrected chi connectivity index (χ4v) is 3.29. The van der Waals surface area contributed by atoms with Crippen molar-refractivity contribution in [3.63, 3.8) is 0 Å². The first-order chi connectivity index (χ1) is 13.6. The minimum atomic E-state index is -0.492. The van der Waals surface area contributed by atoms with E-state index in [0.29, 0.717) is 18.9 Å². The number of nitrogens with one attached hydrogen (secondary N) is 1. The first-order valence-electron chi connectivity index (χ1n) is 10.1. The van der Waals surface area contributed by atoms with Crippen LogP contribution in [-0.4, -0.2) is 18.6 Å². The molecule has 1 amide bonds. The maximum absolute atomic E-state index is 12.6. The third-order valence-electron chi connectivity index (χ3n) is 5.04. The third kappa shape index (κ3) is 4.92. The molecule has 1 atom stereocenters. The lowest BCUT2D eigenvalue weighted by molar-refractivity contribution is -0.128. The molecule has 0 aliphatic heterocycles. The van der Waals surface area contributed by atoms with Gasteiger partial charge in [0.2, 0.25) is 0 Å². The zero-order chi connectivity index (χ0) is 19.9. The average Bonchev–Trinajstić information content (AvgIpc) is 2.72. The molecule has 3 aromatic carbocycles. The highest BCUT2D eigenvalue weighted by Crippen LogP contribution is 2.26. The molecule has 3 nitrogen and oxygen atoms in total. The Balaban J connectivity index is 1.57. The predicted octanol–water partition coefficient (Wildman–Crippen LogP) is 5.48. The van der Waals surface area contributed by atoms with E-state index in [0.717, 1.165) is 22.9 Å². The van der Waals surface area contributed by atoms with Crippen LogP contribution in [0.25, 0.3) is 10.8 Å². The summed E-state index contributed by atoms with van der Waals surface area (Å²) in [6, 6.07) is 22.6. The number of ether oxygens (including phenoxy) is 1. The van der Waals surface area contributed by atoms with Gasteiger partial charge in [-0.1, -0.05) is 81.4 Å². The number of benzene rings is 3. The fourth-order valence-electron chi connectivity index (χ4n) is 3.29. The lowest BCUT2D eigenvalue weighted by atomic mass is 10.0. The molecule has 0 aromatic heterocycles. The normalized spacial score (nSPS) is 12.1. The lowest BCUT2D eigenvalue weighted by Crippen LogP contribution is -2.39. The van der Waals surface area contributed by atoms with Crippen LogP contribution >= 0.6 is 0 Å². The zero-order valence-corrected chi connectivity index (χ0v) is 16.9. The van der Waals surface area contributed by atoms with Gasteiger partial charge in [0, 0.05) is 11.9 Å². The summed E-state index contributed by atoms with van der Waals surface area (Å²) >= 11 is 0. The van der Waals surface area contributed by atoms with Gasteiger partial charge >= 0.3 is 0 Å². The summed E-state index contributed by atoms with van der Waals surface area (Å²) in [4.78, 5) is 12.6. The Bertz CT molecular complexity index is 910. The number of carbonyl (C=O) groups is 1. The van der Waals surface area contributed by atoms with E-state index in [1.165, 1.54) is 11.1 Å². The van der Waals surface area contributed by atoms with Crippen LogP contribution in [0.4, 0.5) is 0 Å². The van der Waals surface area contributed by atoms with Crippen molar-refractivity contribution in [3.05, 3.63) is 77.9 Å². The molecule has 28 heavy (non-hydrogen) atoms. The molecular weight excluding hydrogens is 346 g/mol. The molecule has 3 heteroatoms. The Morgan fingerprint density at radius 3 is 2.39 bits per heavy atom. The number of fused-ring (bicyclic) bond motifs is 1. The highest BCUT2D eigenvalue weighted by atomic mass is 16.5. The standard InChI is InChI=1S/C25H29NO2/c1-4-23(28-24-11-7-9-21-8-5-6-10-22(21)24)25(27)26-17-16-19-12-14-20(15-13-19)18(2)3/h5-15,18,23H,4,16-17H2,1-3H3,(H,26,27). The van der Waals surface area contributed by atoms with Crippen LogP contribution in [0, 0.1) is 0 Å². The summed E-state index contributed by atoms with van der Waals surface area (Å²) < 4.78 is 6.07. The molecular formula is C25H29NO2. The number of carbonyl (C=O) groups excluding carboxylic acids is 1. The number of hydrogen-bond donors (Lipinski definition) is 1. The van der Waals surface area contributed by atoms with E-state index in [9.17, 15) is 4.79 Å². The van der Waals surface area contributed by atoms with E-state index < -0.39 is 6.10 Å². The molecule has 1 N–H and O–H groups in total. The summed E-state index contributed by atoms with van der Waals surface area (Å²) in [5.74, 6) is 1.23. The van der Waals surface area contributed by atoms with Crippen molar-refractivity contribution in [1.29, 1.82) is 0 Å². The van der Waals surface area contributed by atoms with Crippen LogP contribution in [-0.2, 0) is 11.2 Å². The minimum Gasteiger partial charge on any atom is -0.480 e. The average molecular weight is 376 g/mol. The van der Waals surface area contributed by atoms with E-state index in [4.69, 9.17) is 4.74 Å². The van der Waals surface area contributed by atoms with Crippen LogP contribution in [0.5, 0.6) is 5.75 Å². The lowest BCUT2D eigenvalue weighted by Gasteiger charge is -2.18. The summed E-state index contributed by atoms with van der Waals surface area (Å²) in [6.07, 6.45) is 0.946. The van der Waals surface area contributed by atoms with Gasteiger partial charge < -0.3 is 10.1 Å². The fraction of sp³-hybridized carbons (Fsp3) is 0.320. The Morgan fingerprint density at radius 1 is 0.964 bits per heavy atom. The van der Waals surface area contributed by atoms with E-state index in [1.807, 2.05) is 49.4 Å². The molecule has 146 valence electrons. The second-order valence-electron chi connectivity index (χ2n) is 7.43. The van der Waals surface area contributed by atoms with Crippen LogP contribution < -0.4 is 10.1 Å². The van der Waals surface area contributed by atoms with Crippen molar-refractivity contribution in [2.75, 3.05) is 6.54 Å². The number of hydrogen-bond acceptors (Lipinski definition) is 2. The van der Waals surface area contributed by atoms with Crippen molar-refractivity contribution >= 4 is 16.7 Å². The van der Waals surface area contributed by atoms with Crippen molar-refractivity contribution in [1.82, 2.24) is 5.32 Å². The topological polar surface area (TPSA) is 38.3 Å². The molecule has 0 spiro atoms. The number of amides is 1. The first-order valence-corrected chi connectivity index (χ1v) is 10.1. The molecule has 0 radical (unpaired) electrons. The van der Waals surface area contributed by atoms with Crippen LogP contribution in [0.1, 0.15) is 44.2 Å². The Kier molecular flexibility index (Phi) is 6.70. The molecule has 1 unspecified atom stereocenters. The minimum absolute atomic E-state index is 0.0609. The second-order valence-corrected chi connectivity index (χ2v) is 7.43. The largest absolute Gasteiger partial charge is 0.480 e. The highest BCUT2D eigenvalue weighted by molar-refractivity contribution is 5.89. The van der Waals surface area contributed by atoms with Crippen molar-refractivity contribution in [2.45, 2.75) is 45.6 Å². The first kappa shape index (κ1) is 19.9. The molecule has 0 bridgehead atoms. The van der Waals surface area contributed by atoms with E-state index in [2.05, 4.69) is 43.4 Å². The maximum atomic E-state index is 12.6. The Morgan fingerprint density at radius 2 is 1.68 bits per heavy atom. The summed E-state index contributed by atoms with van der Waals surface area (Å²) in [5, 5.41) is 5.16. The SMILES string of the molecule is CCC(Oc1cccc2ccccc12)C(=O)NCCc1ccc(C(C)C)cc1. The van der Waals surface area contributed by atoms with Crippen LogP contribution in [0.2, 0.25) is 0 Å². The molecule has 0 saturated heterocycles. The second kappa shape index (κ2) is 9.41. The maximum Gasteiger partial charge on any atom is 0.261 e. The van der Waals surface area contributed by atoms with E-state index in [1.54, 1.807) is 0 Å². The molecule has 0 aliphatic rings. The van der Waals surface area contributed by atoms with Crippen LogP contribution in [0.3, 0.4) is 0 Å². The van der Waals surface area contributed by atoms with Gasteiger partial charge in [0.15, 0.2) is 6.10 Å². The zero-order valence-electron chi connectivity index (χ0n) is 16.9. The molecule has 0 aliphatic carbocycles. The molecule has 0 saturated carbocycles. The van der Waals surface area contributed by atoms with E-state index in [-0.39, 0.29) is 5.91 Å². The van der Waals surface area contributed by atoms with Gasteiger partial charge in [-0.25, -0.2) is 0 Å². The highest BCUT2D eigenvalue weighted by Gasteiger charge is 2.18. The van der Waals surface area contributed by atoms with Gasteiger partial charge in [0.25, 0.3) is 5.91 Å². The summed E-state index contributed by atoms with van der Waals surface area (Å²) in [7, 11) is 0. The van der Waals surface area contributed by atoms with Crippen LogP contribution in [0.15, 0.2) is 66.7 Å². The van der Waals surface area contributed by atoms with E-state index >= 15 is 0 Å². The predicted molar refractivity (Wildman–Crippen MR) is 116 cm³/mol. The third-order valence-corrected chi connectivity index (χ3v) is 5.04. The summed E-state index contributed by atoms with van der Waals surface area (Å²) in [6.45, 7) is 6.96. The van der Waals surface area contributed by atoms with Gasteiger partial charge in [-0.3, -0.25) is 4.79 Å². The van der Waals surface area contributed by atoms with Crippen molar-refractivity contribution in [3.8, 4) is 5.75 Å². The molecule has 3 aromatic rings. The molecule has 0 heterocycles.